The molecule has 0 aliphatic carbocycles. The number of amides is 1. The number of ether oxygens (including phenoxy) is 1. The van der Waals surface area contributed by atoms with Gasteiger partial charge in [-0.1, -0.05) is 48.5 Å². The Morgan fingerprint density at radius 2 is 1.70 bits per heavy atom. The van der Waals surface area contributed by atoms with Crippen molar-refractivity contribution in [3.05, 3.63) is 66.2 Å². The lowest BCUT2D eigenvalue weighted by molar-refractivity contribution is -0.127. The number of likely N-dealkylation sites (N-methyl/N-ethyl adjacent to an activating group) is 1. The molecule has 0 heterocycles. The fourth-order valence-corrected chi connectivity index (χ4v) is 2.33. The summed E-state index contributed by atoms with van der Waals surface area (Å²) in [5, 5.41) is 6.57. The van der Waals surface area contributed by atoms with Gasteiger partial charge in [0.2, 0.25) is 5.91 Å². The van der Waals surface area contributed by atoms with Crippen molar-refractivity contribution in [1.82, 2.24) is 15.5 Å². The maximum absolute atomic E-state index is 11.9. The lowest BCUT2D eigenvalue weighted by Gasteiger charge is -2.19. The molecule has 1 atom stereocenters. The second-order valence-corrected chi connectivity index (χ2v) is 6.32. The van der Waals surface area contributed by atoms with Crippen LogP contribution in [0.2, 0.25) is 0 Å². The van der Waals surface area contributed by atoms with E-state index in [0.717, 1.165) is 11.3 Å². The zero-order chi connectivity index (χ0) is 19.5. The normalized spacial score (nSPS) is 12.2. The van der Waals surface area contributed by atoms with E-state index in [4.69, 9.17) is 4.74 Å². The molecule has 27 heavy (non-hydrogen) atoms. The van der Waals surface area contributed by atoms with E-state index in [2.05, 4.69) is 34.7 Å². The van der Waals surface area contributed by atoms with Crippen molar-refractivity contribution >= 4 is 11.9 Å². The first-order chi connectivity index (χ1) is 13.1. The molecule has 0 aliphatic heterocycles. The van der Waals surface area contributed by atoms with E-state index in [-0.39, 0.29) is 18.5 Å². The van der Waals surface area contributed by atoms with Gasteiger partial charge in [0, 0.05) is 14.1 Å². The van der Waals surface area contributed by atoms with Crippen LogP contribution in [0, 0.1) is 0 Å². The predicted molar refractivity (Wildman–Crippen MR) is 109 cm³/mol. The Labute approximate surface area is 161 Å². The molecule has 0 saturated carbocycles. The van der Waals surface area contributed by atoms with Crippen LogP contribution in [-0.4, -0.2) is 50.6 Å². The summed E-state index contributed by atoms with van der Waals surface area (Å²) >= 11 is 0. The smallest absolute Gasteiger partial charge is 0.243 e. The quantitative estimate of drug-likeness (QED) is 0.427. The number of hydrogen-bond acceptors (Lipinski definition) is 3. The number of nitrogens with zero attached hydrogens (tertiary/aromatic N) is 2. The van der Waals surface area contributed by atoms with Crippen molar-refractivity contribution in [2.75, 3.05) is 33.8 Å². The Balaban J connectivity index is 1.92. The summed E-state index contributed by atoms with van der Waals surface area (Å²) in [6.07, 6.45) is 0. The van der Waals surface area contributed by atoms with Gasteiger partial charge in [-0.3, -0.25) is 4.79 Å². The van der Waals surface area contributed by atoms with Crippen molar-refractivity contribution in [2.24, 2.45) is 4.99 Å². The second-order valence-electron chi connectivity index (χ2n) is 6.32. The molecule has 6 nitrogen and oxygen atoms in total. The molecule has 1 unspecified atom stereocenters. The molecule has 0 fully saturated rings. The Morgan fingerprint density at radius 1 is 1.07 bits per heavy atom. The fourth-order valence-electron chi connectivity index (χ4n) is 2.33. The van der Waals surface area contributed by atoms with E-state index >= 15 is 0 Å². The lowest BCUT2D eigenvalue weighted by atomic mass is 10.1. The van der Waals surface area contributed by atoms with Crippen LogP contribution in [-0.2, 0) is 4.79 Å². The molecule has 0 saturated heterocycles. The monoisotopic (exact) mass is 368 g/mol. The average molecular weight is 368 g/mol. The summed E-state index contributed by atoms with van der Waals surface area (Å²) in [5.74, 6) is 1.36. The topological polar surface area (TPSA) is 66.0 Å². The van der Waals surface area contributed by atoms with E-state index in [1.807, 2.05) is 48.5 Å². The molecular weight excluding hydrogens is 340 g/mol. The first kappa shape index (κ1) is 20.3. The van der Waals surface area contributed by atoms with Gasteiger partial charge in [0.1, 0.15) is 18.9 Å². The summed E-state index contributed by atoms with van der Waals surface area (Å²) in [6, 6.07) is 19.8. The summed E-state index contributed by atoms with van der Waals surface area (Å²) in [6.45, 7) is 3.20. The van der Waals surface area contributed by atoms with E-state index in [0.29, 0.717) is 19.1 Å². The Morgan fingerprint density at radius 3 is 2.33 bits per heavy atom. The number of aliphatic imine (C=N–C) groups is 1. The molecule has 144 valence electrons. The van der Waals surface area contributed by atoms with E-state index in [1.165, 1.54) is 4.90 Å². The summed E-state index contributed by atoms with van der Waals surface area (Å²) in [5.41, 5.74) is 1.14. The SMILES string of the molecule is CC(NC(=NCC(=O)N(C)C)NCCOc1ccccc1)c1ccccc1. The van der Waals surface area contributed by atoms with Gasteiger partial charge in [0.15, 0.2) is 5.96 Å². The van der Waals surface area contributed by atoms with Crippen LogP contribution in [0.4, 0.5) is 0 Å². The van der Waals surface area contributed by atoms with Gasteiger partial charge in [-0.15, -0.1) is 0 Å². The number of nitrogens with one attached hydrogen (secondary N) is 2. The molecule has 2 aromatic rings. The third-order valence-corrected chi connectivity index (χ3v) is 3.93. The molecule has 0 radical (unpaired) electrons. The van der Waals surface area contributed by atoms with Crippen molar-refractivity contribution in [3.8, 4) is 5.75 Å². The van der Waals surface area contributed by atoms with Crippen LogP contribution < -0.4 is 15.4 Å². The third kappa shape index (κ3) is 7.40. The van der Waals surface area contributed by atoms with Crippen LogP contribution in [0.1, 0.15) is 18.5 Å². The first-order valence-corrected chi connectivity index (χ1v) is 9.04. The van der Waals surface area contributed by atoms with Crippen molar-refractivity contribution in [1.29, 1.82) is 0 Å². The first-order valence-electron chi connectivity index (χ1n) is 9.04. The van der Waals surface area contributed by atoms with Crippen LogP contribution in [0.15, 0.2) is 65.7 Å². The van der Waals surface area contributed by atoms with Crippen LogP contribution in [0.3, 0.4) is 0 Å². The van der Waals surface area contributed by atoms with Gasteiger partial charge < -0.3 is 20.3 Å². The van der Waals surface area contributed by atoms with Crippen LogP contribution in [0.25, 0.3) is 0 Å². The molecule has 0 aromatic heterocycles. The molecule has 6 heteroatoms. The van der Waals surface area contributed by atoms with Crippen molar-refractivity contribution in [3.63, 3.8) is 0 Å². The highest BCUT2D eigenvalue weighted by Gasteiger charge is 2.09. The molecule has 2 N–H and O–H groups in total. The van der Waals surface area contributed by atoms with E-state index < -0.39 is 0 Å². The van der Waals surface area contributed by atoms with Gasteiger partial charge in [-0.05, 0) is 24.6 Å². The van der Waals surface area contributed by atoms with Gasteiger partial charge >= 0.3 is 0 Å². The number of benzene rings is 2. The lowest BCUT2D eigenvalue weighted by Crippen LogP contribution is -2.41. The van der Waals surface area contributed by atoms with E-state index in [1.54, 1.807) is 14.1 Å². The molecule has 1 amide bonds. The fraction of sp³-hybridized carbons (Fsp3) is 0.333. The molecule has 2 aromatic carbocycles. The van der Waals surface area contributed by atoms with Gasteiger partial charge in [0.05, 0.1) is 12.6 Å². The summed E-state index contributed by atoms with van der Waals surface area (Å²) in [4.78, 5) is 17.8. The largest absolute Gasteiger partial charge is 0.492 e. The molecule has 2 rings (SSSR count). The number of hydrogen-bond donors (Lipinski definition) is 2. The highest BCUT2D eigenvalue weighted by atomic mass is 16.5. The average Bonchev–Trinajstić information content (AvgIpc) is 2.70. The Kier molecular flexibility index (Phi) is 8.16. The Bertz CT molecular complexity index is 717. The number of para-hydroxylation sites is 1. The number of carbonyl (C=O) groups is 1. The predicted octanol–water partition coefficient (Wildman–Crippen LogP) is 2.45. The molecule has 0 spiro atoms. The van der Waals surface area contributed by atoms with Gasteiger partial charge in [-0.25, -0.2) is 4.99 Å². The van der Waals surface area contributed by atoms with E-state index in [9.17, 15) is 4.79 Å². The zero-order valence-corrected chi connectivity index (χ0v) is 16.2. The van der Waals surface area contributed by atoms with Crippen molar-refractivity contribution < 1.29 is 9.53 Å². The number of guanidine groups is 1. The number of carbonyl (C=O) groups excluding carboxylic acids is 1. The van der Waals surface area contributed by atoms with Crippen molar-refractivity contribution in [2.45, 2.75) is 13.0 Å². The molecule has 0 bridgehead atoms. The minimum atomic E-state index is -0.0519. The zero-order valence-electron chi connectivity index (χ0n) is 16.2. The van der Waals surface area contributed by atoms with Gasteiger partial charge in [0.25, 0.3) is 0 Å². The maximum Gasteiger partial charge on any atom is 0.243 e. The third-order valence-electron chi connectivity index (χ3n) is 3.93. The van der Waals surface area contributed by atoms with Crippen LogP contribution in [0.5, 0.6) is 5.75 Å². The maximum atomic E-state index is 11.9. The Hall–Kier alpha value is -3.02. The number of rotatable bonds is 8. The van der Waals surface area contributed by atoms with Gasteiger partial charge in [-0.2, -0.15) is 0 Å². The standard InChI is InChI=1S/C21H28N4O2/c1-17(18-10-6-4-7-11-18)24-21(23-16-20(26)25(2)3)22-14-15-27-19-12-8-5-9-13-19/h4-13,17H,14-16H2,1-3H3,(H2,22,23,24). The molecular formula is C21H28N4O2. The second kappa shape index (κ2) is 10.9. The summed E-state index contributed by atoms with van der Waals surface area (Å²) < 4.78 is 5.69. The molecule has 0 aliphatic rings. The highest BCUT2D eigenvalue weighted by molar-refractivity contribution is 5.85. The van der Waals surface area contributed by atoms with Crippen LogP contribution >= 0.6 is 0 Å². The summed E-state index contributed by atoms with van der Waals surface area (Å²) in [7, 11) is 3.44. The minimum absolute atomic E-state index is 0.0519. The minimum Gasteiger partial charge on any atom is -0.492 e. The highest BCUT2D eigenvalue weighted by Crippen LogP contribution is 2.11.